The standard InChI is InChI=1S/C8H14N2O2.C2H6/c1-7(11)9-3-5-10(6-4-9)8(2)12;1-2/h3-6H2,1-2H3;1-2H3. The lowest BCUT2D eigenvalue weighted by molar-refractivity contribution is -0.137. The number of rotatable bonds is 0. The zero-order chi connectivity index (χ0) is 11.1. The van der Waals surface area contributed by atoms with Gasteiger partial charge in [-0.25, -0.2) is 0 Å². The van der Waals surface area contributed by atoms with Crippen molar-refractivity contribution in [2.75, 3.05) is 26.2 Å². The van der Waals surface area contributed by atoms with E-state index in [2.05, 4.69) is 0 Å². The van der Waals surface area contributed by atoms with Gasteiger partial charge >= 0.3 is 0 Å². The molecule has 0 aromatic rings. The molecular weight excluding hydrogens is 180 g/mol. The van der Waals surface area contributed by atoms with Crippen molar-refractivity contribution in [1.82, 2.24) is 9.80 Å². The first-order chi connectivity index (χ1) is 6.61. The molecule has 0 aliphatic carbocycles. The monoisotopic (exact) mass is 200 g/mol. The molecule has 0 radical (unpaired) electrons. The first-order valence-electron chi connectivity index (χ1n) is 5.12. The van der Waals surface area contributed by atoms with Crippen molar-refractivity contribution in [3.63, 3.8) is 0 Å². The molecule has 4 nitrogen and oxygen atoms in total. The first kappa shape index (κ1) is 12.9. The fraction of sp³-hybridized carbons (Fsp3) is 0.800. The van der Waals surface area contributed by atoms with Gasteiger partial charge in [0.05, 0.1) is 0 Å². The van der Waals surface area contributed by atoms with Gasteiger partial charge in [-0.1, -0.05) is 13.8 Å². The van der Waals surface area contributed by atoms with Gasteiger partial charge in [0.2, 0.25) is 11.8 Å². The third-order valence-electron chi connectivity index (χ3n) is 2.17. The zero-order valence-corrected chi connectivity index (χ0v) is 9.54. The second kappa shape index (κ2) is 6.40. The van der Waals surface area contributed by atoms with Crippen molar-refractivity contribution in [3.05, 3.63) is 0 Å². The summed E-state index contributed by atoms with van der Waals surface area (Å²) in [7, 11) is 0. The van der Waals surface area contributed by atoms with Gasteiger partial charge in [0, 0.05) is 40.0 Å². The molecule has 1 heterocycles. The third-order valence-corrected chi connectivity index (χ3v) is 2.17. The van der Waals surface area contributed by atoms with Crippen LogP contribution in [0.5, 0.6) is 0 Å². The average molecular weight is 200 g/mol. The molecule has 4 heteroatoms. The number of nitrogens with zero attached hydrogens (tertiary/aromatic N) is 2. The Labute approximate surface area is 85.9 Å². The highest BCUT2D eigenvalue weighted by molar-refractivity contribution is 5.75. The summed E-state index contributed by atoms with van der Waals surface area (Å²) in [6.07, 6.45) is 0. The molecule has 0 atom stereocenters. The summed E-state index contributed by atoms with van der Waals surface area (Å²) < 4.78 is 0. The molecule has 1 fully saturated rings. The van der Waals surface area contributed by atoms with E-state index >= 15 is 0 Å². The van der Waals surface area contributed by atoms with Gasteiger partial charge in [0.15, 0.2) is 0 Å². The highest BCUT2D eigenvalue weighted by Crippen LogP contribution is 2.01. The Morgan fingerprint density at radius 2 is 1.00 bits per heavy atom. The molecule has 0 unspecified atom stereocenters. The zero-order valence-electron chi connectivity index (χ0n) is 9.54. The maximum Gasteiger partial charge on any atom is 0.219 e. The number of piperazine rings is 1. The maximum atomic E-state index is 10.9. The second-order valence-corrected chi connectivity index (χ2v) is 3.01. The summed E-state index contributed by atoms with van der Waals surface area (Å²) in [5, 5.41) is 0. The molecule has 14 heavy (non-hydrogen) atoms. The maximum absolute atomic E-state index is 10.9. The predicted octanol–water partition coefficient (Wildman–Crippen LogP) is 0.723. The van der Waals surface area contributed by atoms with Gasteiger partial charge in [-0.05, 0) is 0 Å². The lowest BCUT2D eigenvalue weighted by atomic mass is 10.3. The molecule has 1 aliphatic heterocycles. The van der Waals surface area contributed by atoms with Gasteiger partial charge in [-0.2, -0.15) is 0 Å². The molecule has 1 aliphatic rings. The minimum absolute atomic E-state index is 0.0956. The molecule has 0 saturated carbocycles. The van der Waals surface area contributed by atoms with Crippen LogP contribution in [0.2, 0.25) is 0 Å². The van der Waals surface area contributed by atoms with Crippen LogP contribution in [0.1, 0.15) is 27.7 Å². The number of hydrogen-bond acceptors (Lipinski definition) is 2. The number of amides is 2. The SMILES string of the molecule is CC.CC(=O)N1CCN(C(C)=O)CC1. The molecular formula is C10H20N2O2. The van der Waals surface area contributed by atoms with E-state index in [1.165, 1.54) is 0 Å². The van der Waals surface area contributed by atoms with Crippen LogP contribution in [0.15, 0.2) is 0 Å². The second-order valence-electron chi connectivity index (χ2n) is 3.01. The normalized spacial score (nSPS) is 15.7. The lowest BCUT2D eigenvalue weighted by Crippen LogP contribution is -2.49. The van der Waals surface area contributed by atoms with Crippen LogP contribution in [0, 0.1) is 0 Å². The molecule has 1 rings (SSSR count). The topological polar surface area (TPSA) is 40.6 Å². The number of carbonyl (C=O) groups excluding carboxylic acids is 2. The molecule has 0 spiro atoms. The van der Waals surface area contributed by atoms with Crippen molar-refractivity contribution in [1.29, 1.82) is 0 Å². The van der Waals surface area contributed by atoms with E-state index in [0.29, 0.717) is 26.2 Å². The Morgan fingerprint density at radius 1 is 0.786 bits per heavy atom. The fourth-order valence-corrected chi connectivity index (χ4v) is 1.34. The van der Waals surface area contributed by atoms with Crippen LogP contribution in [-0.2, 0) is 9.59 Å². The van der Waals surface area contributed by atoms with Crippen LogP contribution in [0.4, 0.5) is 0 Å². The summed E-state index contributed by atoms with van der Waals surface area (Å²) in [6.45, 7) is 9.82. The van der Waals surface area contributed by atoms with Crippen molar-refractivity contribution in [2.24, 2.45) is 0 Å². The van der Waals surface area contributed by atoms with Crippen molar-refractivity contribution in [2.45, 2.75) is 27.7 Å². The Kier molecular flexibility index (Phi) is 5.92. The van der Waals surface area contributed by atoms with Gasteiger partial charge < -0.3 is 9.80 Å². The Balaban J connectivity index is 0.000000791. The van der Waals surface area contributed by atoms with Crippen LogP contribution in [0.25, 0.3) is 0 Å². The summed E-state index contributed by atoms with van der Waals surface area (Å²) in [5.41, 5.74) is 0. The number of carbonyl (C=O) groups is 2. The highest BCUT2D eigenvalue weighted by Gasteiger charge is 2.19. The minimum Gasteiger partial charge on any atom is -0.339 e. The van der Waals surface area contributed by atoms with Gasteiger partial charge in [0.25, 0.3) is 0 Å². The van der Waals surface area contributed by atoms with Crippen LogP contribution >= 0.6 is 0 Å². The summed E-state index contributed by atoms with van der Waals surface area (Å²) in [4.78, 5) is 25.3. The van der Waals surface area contributed by atoms with Crippen LogP contribution in [0.3, 0.4) is 0 Å². The van der Waals surface area contributed by atoms with E-state index in [1.54, 1.807) is 23.6 Å². The quantitative estimate of drug-likeness (QED) is 0.578. The smallest absolute Gasteiger partial charge is 0.219 e. The fourth-order valence-electron chi connectivity index (χ4n) is 1.34. The summed E-state index contributed by atoms with van der Waals surface area (Å²) >= 11 is 0. The van der Waals surface area contributed by atoms with E-state index in [1.807, 2.05) is 13.8 Å². The molecule has 82 valence electrons. The van der Waals surface area contributed by atoms with E-state index in [-0.39, 0.29) is 11.8 Å². The van der Waals surface area contributed by atoms with E-state index in [4.69, 9.17) is 0 Å². The molecule has 0 bridgehead atoms. The van der Waals surface area contributed by atoms with Crippen molar-refractivity contribution < 1.29 is 9.59 Å². The predicted molar refractivity (Wildman–Crippen MR) is 55.9 cm³/mol. The van der Waals surface area contributed by atoms with Gasteiger partial charge in [-0.3, -0.25) is 9.59 Å². The Bertz CT molecular complexity index is 174. The van der Waals surface area contributed by atoms with Gasteiger partial charge in [-0.15, -0.1) is 0 Å². The van der Waals surface area contributed by atoms with Gasteiger partial charge in [0.1, 0.15) is 0 Å². The van der Waals surface area contributed by atoms with Crippen LogP contribution < -0.4 is 0 Å². The largest absolute Gasteiger partial charge is 0.339 e. The number of hydrogen-bond donors (Lipinski definition) is 0. The summed E-state index contributed by atoms with van der Waals surface area (Å²) in [6, 6.07) is 0. The Hall–Kier alpha value is -1.06. The molecule has 0 N–H and O–H groups in total. The molecule has 0 aromatic carbocycles. The minimum atomic E-state index is 0.0956. The molecule has 1 saturated heterocycles. The molecule has 2 amide bonds. The third kappa shape index (κ3) is 3.77. The van der Waals surface area contributed by atoms with Crippen LogP contribution in [-0.4, -0.2) is 47.8 Å². The highest BCUT2D eigenvalue weighted by atomic mass is 16.2. The first-order valence-corrected chi connectivity index (χ1v) is 5.12. The van der Waals surface area contributed by atoms with E-state index < -0.39 is 0 Å². The van der Waals surface area contributed by atoms with Crippen molar-refractivity contribution in [3.8, 4) is 0 Å². The van der Waals surface area contributed by atoms with Crippen molar-refractivity contribution >= 4 is 11.8 Å². The van der Waals surface area contributed by atoms with E-state index in [9.17, 15) is 9.59 Å². The summed E-state index contributed by atoms with van der Waals surface area (Å²) in [5.74, 6) is 0.191. The van der Waals surface area contributed by atoms with E-state index in [0.717, 1.165) is 0 Å². The average Bonchev–Trinajstić information content (AvgIpc) is 2.21. The Morgan fingerprint density at radius 3 is 1.14 bits per heavy atom. The lowest BCUT2D eigenvalue weighted by Gasteiger charge is -2.33. The molecule has 0 aromatic heterocycles.